The third-order valence-electron chi connectivity index (χ3n) is 3.11. The highest BCUT2D eigenvalue weighted by atomic mass is 127. The van der Waals surface area contributed by atoms with Crippen molar-refractivity contribution >= 4 is 35.6 Å². The average Bonchev–Trinajstić information content (AvgIpc) is 2.59. The molecule has 0 aliphatic heterocycles. The van der Waals surface area contributed by atoms with E-state index in [-0.39, 0.29) is 42.2 Å². The van der Waals surface area contributed by atoms with E-state index in [0.29, 0.717) is 18.0 Å². The summed E-state index contributed by atoms with van der Waals surface area (Å²) in [5, 5.41) is 2.80. The number of hydrogen-bond acceptors (Lipinski definition) is 3. The molecule has 0 unspecified atom stereocenters. The van der Waals surface area contributed by atoms with Crippen LogP contribution in [0.5, 0.6) is 11.5 Å². The minimum atomic E-state index is -4.73. The van der Waals surface area contributed by atoms with Gasteiger partial charge in [0.1, 0.15) is 18.1 Å². The lowest BCUT2D eigenvalue weighted by molar-refractivity contribution is -0.274. The van der Waals surface area contributed by atoms with Crippen LogP contribution < -0.4 is 20.5 Å². The smallest absolute Gasteiger partial charge is 0.489 e. The molecule has 0 heterocycles. The Kier molecular flexibility index (Phi) is 8.92. The lowest BCUT2D eigenvalue weighted by atomic mass is 10.2. The van der Waals surface area contributed by atoms with Crippen LogP contribution in [0.4, 0.5) is 18.9 Å². The molecule has 9 heteroatoms. The molecular weight excluding hydrogens is 474 g/mol. The van der Waals surface area contributed by atoms with Crippen molar-refractivity contribution in [1.82, 2.24) is 0 Å². The van der Waals surface area contributed by atoms with Crippen molar-refractivity contribution in [3.8, 4) is 11.5 Å². The molecule has 0 spiro atoms. The van der Waals surface area contributed by atoms with E-state index in [2.05, 4.69) is 21.6 Å². The minimum absolute atomic E-state index is 0. The molecular formula is C18H19F3IN3O2. The van der Waals surface area contributed by atoms with Crippen molar-refractivity contribution in [1.29, 1.82) is 0 Å². The summed E-state index contributed by atoms with van der Waals surface area (Å²) in [6, 6.07) is 12.6. The first kappa shape index (κ1) is 22.6. The van der Waals surface area contributed by atoms with Crippen molar-refractivity contribution in [3.05, 3.63) is 66.7 Å². The van der Waals surface area contributed by atoms with E-state index < -0.39 is 6.36 Å². The fraction of sp³-hybridized carbons (Fsp3) is 0.167. The van der Waals surface area contributed by atoms with Crippen LogP contribution in [-0.4, -0.2) is 18.9 Å². The number of aliphatic imine (C=N–C) groups is 1. The van der Waals surface area contributed by atoms with E-state index in [4.69, 9.17) is 10.5 Å². The molecule has 0 radical (unpaired) electrons. The lowest BCUT2D eigenvalue weighted by Crippen LogP contribution is -2.22. The van der Waals surface area contributed by atoms with Crippen LogP contribution in [0, 0.1) is 0 Å². The highest BCUT2D eigenvalue weighted by Gasteiger charge is 2.30. The summed E-state index contributed by atoms with van der Waals surface area (Å²) in [5.74, 6) is 0.484. The molecule has 5 nitrogen and oxygen atoms in total. The minimum Gasteiger partial charge on any atom is -0.489 e. The number of nitrogens with two attached hydrogens (primary N) is 1. The molecule has 0 saturated carbocycles. The summed E-state index contributed by atoms with van der Waals surface area (Å²) in [6.07, 6.45) is -3.08. The van der Waals surface area contributed by atoms with Crippen LogP contribution >= 0.6 is 24.0 Å². The van der Waals surface area contributed by atoms with Gasteiger partial charge >= 0.3 is 6.36 Å². The summed E-state index contributed by atoms with van der Waals surface area (Å²) in [4.78, 5) is 4.21. The van der Waals surface area contributed by atoms with Gasteiger partial charge in [0.25, 0.3) is 0 Å². The molecule has 27 heavy (non-hydrogen) atoms. The van der Waals surface area contributed by atoms with Gasteiger partial charge in [-0.2, -0.15) is 0 Å². The van der Waals surface area contributed by atoms with Crippen LogP contribution in [0.1, 0.15) is 5.56 Å². The molecule has 0 amide bonds. The zero-order valence-electron chi connectivity index (χ0n) is 14.2. The number of benzene rings is 2. The van der Waals surface area contributed by atoms with E-state index in [0.717, 1.165) is 5.56 Å². The van der Waals surface area contributed by atoms with Crippen LogP contribution in [0.15, 0.2) is 66.2 Å². The summed E-state index contributed by atoms with van der Waals surface area (Å²) < 4.78 is 45.7. The average molecular weight is 493 g/mol. The van der Waals surface area contributed by atoms with Gasteiger partial charge in [0.15, 0.2) is 5.96 Å². The van der Waals surface area contributed by atoms with Gasteiger partial charge in [0, 0.05) is 11.3 Å². The van der Waals surface area contributed by atoms with E-state index in [1.54, 1.807) is 6.08 Å². The van der Waals surface area contributed by atoms with Crippen LogP contribution in [0.3, 0.4) is 0 Å². The number of nitrogens with zero attached hydrogens (tertiary/aromatic N) is 1. The highest BCUT2D eigenvalue weighted by molar-refractivity contribution is 14.0. The summed E-state index contributed by atoms with van der Waals surface area (Å²) in [7, 11) is 0. The molecule has 0 aromatic heterocycles. The number of anilines is 1. The van der Waals surface area contributed by atoms with Crippen molar-refractivity contribution in [2.24, 2.45) is 10.7 Å². The lowest BCUT2D eigenvalue weighted by Gasteiger charge is -2.11. The molecule has 0 aliphatic rings. The van der Waals surface area contributed by atoms with Crippen molar-refractivity contribution in [2.75, 3.05) is 11.9 Å². The Balaban J connectivity index is 0.00000364. The predicted molar refractivity (Wildman–Crippen MR) is 110 cm³/mol. The third-order valence-corrected chi connectivity index (χ3v) is 3.11. The standard InChI is InChI=1S/C18H18F3N3O2.HI/c1-2-11-25-16-6-4-3-5-13(16)12-23-17(22)24-14-7-9-15(10-8-14)26-18(19,20)21;/h2-10H,1,11-12H2,(H3,22,23,24);1H. The van der Waals surface area contributed by atoms with Crippen LogP contribution in [0.2, 0.25) is 0 Å². The van der Waals surface area contributed by atoms with E-state index in [1.807, 2.05) is 24.3 Å². The van der Waals surface area contributed by atoms with Gasteiger partial charge in [-0.3, -0.25) is 0 Å². The Labute approximate surface area is 172 Å². The van der Waals surface area contributed by atoms with Gasteiger partial charge in [-0.25, -0.2) is 4.99 Å². The van der Waals surface area contributed by atoms with Gasteiger partial charge < -0.3 is 20.5 Å². The number of alkyl halides is 3. The highest BCUT2D eigenvalue weighted by Crippen LogP contribution is 2.24. The molecule has 2 rings (SSSR count). The molecule has 146 valence electrons. The summed E-state index contributed by atoms with van der Waals surface area (Å²) in [5.41, 5.74) is 7.14. The molecule has 2 aromatic rings. The maximum Gasteiger partial charge on any atom is 0.573 e. The van der Waals surface area contributed by atoms with Crippen molar-refractivity contribution in [3.63, 3.8) is 0 Å². The molecule has 0 fully saturated rings. The quantitative estimate of drug-likeness (QED) is 0.254. The Morgan fingerprint density at radius 3 is 2.44 bits per heavy atom. The van der Waals surface area contributed by atoms with Crippen LogP contribution in [-0.2, 0) is 6.54 Å². The molecule has 3 N–H and O–H groups in total. The first-order valence-electron chi connectivity index (χ1n) is 7.62. The predicted octanol–water partition coefficient (Wildman–Crippen LogP) is 4.69. The monoisotopic (exact) mass is 493 g/mol. The third kappa shape index (κ3) is 8.20. The molecule has 2 aromatic carbocycles. The van der Waals surface area contributed by atoms with Gasteiger partial charge in [-0.1, -0.05) is 30.9 Å². The van der Waals surface area contributed by atoms with E-state index in [1.165, 1.54) is 24.3 Å². The zero-order chi connectivity index (χ0) is 19.0. The Morgan fingerprint density at radius 2 is 1.81 bits per heavy atom. The Bertz CT molecular complexity index is 765. The van der Waals surface area contributed by atoms with Gasteiger partial charge in [-0.15, -0.1) is 37.1 Å². The number of halogens is 4. The molecule has 0 saturated heterocycles. The van der Waals surface area contributed by atoms with Gasteiger partial charge in [0.05, 0.1) is 6.54 Å². The van der Waals surface area contributed by atoms with Crippen molar-refractivity contribution < 1.29 is 22.6 Å². The molecule has 0 bridgehead atoms. The first-order chi connectivity index (χ1) is 12.4. The molecule has 0 atom stereocenters. The normalized spacial score (nSPS) is 11.3. The number of hydrogen-bond donors (Lipinski definition) is 2. The Hall–Kier alpha value is -2.43. The number of para-hydroxylation sites is 1. The Morgan fingerprint density at radius 1 is 1.15 bits per heavy atom. The second-order valence-electron chi connectivity index (χ2n) is 5.11. The summed E-state index contributed by atoms with van der Waals surface area (Å²) >= 11 is 0. The number of nitrogens with one attached hydrogen (secondary N) is 1. The fourth-order valence-corrected chi connectivity index (χ4v) is 2.02. The number of guanidine groups is 1. The number of rotatable bonds is 7. The largest absolute Gasteiger partial charge is 0.573 e. The first-order valence-corrected chi connectivity index (χ1v) is 7.62. The van der Waals surface area contributed by atoms with Crippen LogP contribution in [0.25, 0.3) is 0 Å². The molecule has 0 aliphatic carbocycles. The maximum absolute atomic E-state index is 12.1. The maximum atomic E-state index is 12.1. The van der Waals surface area contributed by atoms with E-state index >= 15 is 0 Å². The second kappa shape index (κ2) is 10.7. The van der Waals surface area contributed by atoms with Crippen molar-refractivity contribution in [2.45, 2.75) is 12.9 Å². The topological polar surface area (TPSA) is 68.9 Å². The van der Waals surface area contributed by atoms with Gasteiger partial charge in [0.2, 0.25) is 0 Å². The fourth-order valence-electron chi connectivity index (χ4n) is 2.02. The second-order valence-corrected chi connectivity index (χ2v) is 5.11. The SMILES string of the molecule is C=CCOc1ccccc1CN=C(N)Nc1ccc(OC(F)(F)F)cc1.I. The number of ether oxygens (including phenoxy) is 2. The summed E-state index contributed by atoms with van der Waals surface area (Å²) in [6.45, 7) is 4.25. The van der Waals surface area contributed by atoms with Gasteiger partial charge in [-0.05, 0) is 30.3 Å². The zero-order valence-corrected chi connectivity index (χ0v) is 16.5. The van der Waals surface area contributed by atoms with E-state index in [9.17, 15) is 13.2 Å².